The molecule has 0 spiro atoms. The third kappa shape index (κ3) is 8.65. The van der Waals surface area contributed by atoms with E-state index in [0.717, 1.165) is 52.0 Å². The molecule has 2 heterocycles. The Kier molecular flexibility index (Phi) is 11.2. The highest BCUT2D eigenvalue weighted by Crippen LogP contribution is 2.40. The summed E-state index contributed by atoms with van der Waals surface area (Å²) < 4.78 is 41.4. The van der Waals surface area contributed by atoms with Crippen LogP contribution in [0.3, 0.4) is 0 Å². The van der Waals surface area contributed by atoms with E-state index in [1.54, 1.807) is 30.3 Å². The number of piperidine rings is 1. The van der Waals surface area contributed by atoms with Gasteiger partial charge in [0.25, 0.3) is 0 Å². The van der Waals surface area contributed by atoms with E-state index >= 15 is 0 Å². The van der Waals surface area contributed by atoms with Crippen LogP contribution in [0.2, 0.25) is 5.02 Å². The largest absolute Gasteiger partial charge is 0.392 e. The molecule has 2 aliphatic rings. The van der Waals surface area contributed by atoms with Crippen LogP contribution in [0.1, 0.15) is 59.5 Å². The third-order valence-corrected chi connectivity index (χ3v) is 11.8. The zero-order valence-electron chi connectivity index (χ0n) is 28.8. The SMILES string of the molecule is O=S(=O)(NCc1cccc(-c2ccc(C3OC(CN4CCC(O)(c5ccc(Cl)cc5)CC4)CC(c4ccc(CO)cc4)O3)cc2)c1)c1ccccc1. The number of hydrogen-bond donors (Lipinski definition) is 3. The maximum absolute atomic E-state index is 12.8. The fourth-order valence-electron chi connectivity index (χ4n) is 7.03. The number of hydrogen-bond acceptors (Lipinski definition) is 7. The first-order chi connectivity index (χ1) is 25.2. The van der Waals surface area contributed by atoms with Crippen molar-refractivity contribution in [3.8, 4) is 11.1 Å². The minimum absolute atomic E-state index is 0.0178. The van der Waals surface area contributed by atoms with E-state index in [4.69, 9.17) is 21.1 Å². The number of ether oxygens (including phenoxy) is 2. The molecule has 0 aliphatic carbocycles. The van der Waals surface area contributed by atoms with E-state index < -0.39 is 21.9 Å². The number of halogens is 1. The first-order valence-electron chi connectivity index (χ1n) is 17.6. The van der Waals surface area contributed by atoms with Gasteiger partial charge in [-0.3, -0.25) is 0 Å². The molecule has 10 heteroatoms. The first-order valence-corrected chi connectivity index (χ1v) is 19.5. The average Bonchev–Trinajstić information content (AvgIpc) is 3.19. The van der Waals surface area contributed by atoms with Gasteiger partial charge in [-0.05, 0) is 76.6 Å². The van der Waals surface area contributed by atoms with Gasteiger partial charge in [-0.2, -0.15) is 0 Å². The number of aliphatic hydroxyl groups is 2. The summed E-state index contributed by atoms with van der Waals surface area (Å²) in [4.78, 5) is 2.59. The molecule has 3 unspecified atom stereocenters. The number of likely N-dealkylation sites (tertiary alicyclic amines) is 1. The van der Waals surface area contributed by atoms with Gasteiger partial charge in [-0.25, -0.2) is 13.1 Å². The summed E-state index contributed by atoms with van der Waals surface area (Å²) in [7, 11) is -3.62. The Morgan fingerprint density at radius 1 is 0.769 bits per heavy atom. The van der Waals surface area contributed by atoms with Crippen LogP contribution in [0.5, 0.6) is 0 Å². The second-order valence-corrected chi connectivity index (χ2v) is 15.9. The summed E-state index contributed by atoms with van der Waals surface area (Å²) in [6.45, 7) is 2.34. The standard InChI is InChI=1S/C42H43ClN2O6S/c43-37-19-17-36(18-20-37)42(47)21-23-45(24-22-42)28-38-26-40(33-11-9-30(29-46)10-12-33)51-41(50-38)34-15-13-32(14-16-34)35-6-4-5-31(25-35)27-44-52(48,49)39-7-2-1-3-8-39/h1-20,25,38,40-41,44,46-47H,21-24,26-29H2. The topological polar surface area (TPSA) is 108 Å². The Labute approximate surface area is 310 Å². The van der Waals surface area contributed by atoms with Crippen molar-refractivity contribution < 1.29 is 28.1 Å². The van der Waals surface area contributed by atoms with Crippen LogP contribution < -0.4 is 4.72 Å². The molecule has 3 N–H and O–H groups in total. The molecule has 8 nitrogen and oxygen atoms in total. The highest BCUT2D eigenvalue weighted by atomic mass is 35.5. The van der Waals surface area contributed by atoms with Gasteiger partial charge >= 0.3 is 0 Å². The van der Waals surface area contributed by atoms with E-state index in [9.17, 15) is 18.6 Å². The fraction of sp³-hybridized carbons (Fsp3) is 0.286. The van der Waals surface area contributed by atoms with E-state index in [1.807, 2.05) is 97.1 Å². The highest BCUT2D eigenvalue weighted by molar-refractivity contribution is 7.89. The lowest BCUT2D eigenvalue weighted by Gasteiger charge is -2.42. The maximum atomic E-state index is 12.8. The van der Waals surface area contributed by atoms with Gasteiger partial charge in [0.1, 0.15) is 0 Å². The molecule has 2 saturated heterocycles. The van der Waals surface area contributed by atoms with Crippen molar-refractivity contribution in [2.45, 2.75) is 61.4 Å². The quantitative estimate of drug-likeness (QED) is 0.129. The molecule has 52 heavy (non-hydrogen) atoms. The van der Waals surface area contributed by atoms with Crippen molar-refractivity contribution in [1.82, 2.24) is 9.62 Å². The minimum Gasteiger partial charge on any atom is -0.392 e. The zero-order chi connectivity index (χ0) is 36.1. The third-order valence-electron chi connectivity index (χ3n) is 10.1. The van der Waals surface area contributed by atoms with Crippen LogP contribution in [-0.2, 0) is 38.2 Å². The monoisotopic (exact) mass is 738 g/mol. The van der Waals surface area contributed by atoms with Crippen LogP contribution in [0.4, 0.5) is 0 Å². The number of rotatable bonds is 11. The predicted molar refractivity (Wildman–Crippen MR) is 202 cm³/mol. The van der Waals surface area contributed by atoms with Gasteiger partial charge in [-0.1, -0.05) is 109 Å². The summed E-state index contributed by atoms with van der Waals surface area (Å²) >= 11 is 6.09. The van der Waals surface area contributed by atoms with Gasteiger partial charge in [-0.15, -0.1) is 0 Å². The van der Waals surface area contributed by atoms with Crippen LogP contribution in [0.15, 0.2) is 132 Å². The van der Waals surface area contributed by atoms with E-state index in [-0.39, 0.29) is 30.3 Å². The summed E-state index contributed by atoms with van der Waals surface area (Å²) in [5.74, 6) is 0. The van der Waals surface area contributed by atoms with Crippen molar-refractivity contribution in [2.24, 2.45) is 0 Å². The molecular formula is C42H43ClN2O6S. The molecule has 0 bridgehead atoms. The Balaban J connectivity index is 1.04. The van der Waals surface area contributed by atoms with Crippen molar-refractivity contribution >= 4 is 21.6 Å². The lowest BCUT2D eigenvalue weighted by atomic mass is 9.84. The van der Waals surface area contributed by atoms with Crippen LogP contribution in [-0.4, -0.2) is 49.3 Å². The van der Waals surface area contributed by atoms with Crippen molar-refractivity contribution in [1.29, 1.82) is 0 Å². The Morgan fingerprint density at radius 3 is 2.15 bits per heavy atom. The molecule has 0 aromatic heterocycles. The first kappa shape index (κ1) is 36.5. The summed E-state index contributed by atoms with van der Waals surface area (Å²) in [5.41, 5.74) is 5.59. The Hall–Kier alpha value is -3.90. The highest BCUT2D eigenvalue weighted by Gasteiger charge is 2.37. The number of sulfonamides is 1. The smallest absolute Gasteiger partial charge is 0.240 e. The summed E-state index contributed by atoms with van der Waals surface area (Å²) in [6.07, 6.45) is 1.00. The zero-order valence-corrected chi connectivity index (χ0v) is 30.3. The number of nitrogens with zero attached hydrogens (tertiary/aromatic N) is 1. The van der Waals surface area contributed by atoms with Gasteiger partial charge in [0, 0.05) is 43.2 Å². The summed E-state index contributed by atoms with van der Waals surface area (Å²) in [6, 6.07) is 39.7. The maximum Gasteiger partial charge on any atom is 0.240 e. The van der Waals surface area contributed by atoms with Crippen molar-refractivity contribution in [3.63, 3.8) is 0 Å². The molecule has 3 atom stereocenters. The molecule has 2 aliphatic heterocycles. The van der Waals surface area contributed by atoms with Crippen molar-refractivity contribution in [2.75, 3.05) is 19.6 Å². The molecule has 270 valence electrons. The molecule has 2 fully saturated rings. The molecule has 0 radical (unpaired) electrons. The molecule has 7 rings (SSSR count). The van der Waals surface area contributed by atoms with Crippen LogP contribution in [0.25, 0.3) is 11.1 Å². The molecular weight excluding hydrogens is 696 g/mol. The van der Waals surface area contributed by atoms with Gasteiger partial charge in [0.2, 0.25) is 10.0 Å². The second-order valence-electron chi connectivity index (χ2n) is 13.6. The molecule has 0 amide bonds. The fourth-order valence-corrected chi connectivity index (χ4v) is 8.19. The van der Waals surface area contributed by atoms with E-state index in [0.29, 0.717) is 30.8 Å². The number of nitrogens with one attached hydrogen (secondary N) is 1. The van der Waals surface area contributed by atoms with Crippen molar-refractivity contribution in [3.05, 3.63) is 160 Å². The summed E-state index contributed by atoms with van der Waals surface area (Å²) in [5, 5.41) is 21.7. The van der Waals surface area contributed by atoms with Gasteiger partial charge in [0.15, 0.2) is 6.29 Å². The number of aliphatic hydroxyl groups excluding tert-OH is 1. The normalized spacial score (nSPS) is 20.8. The second kappa shape index (κ2) is 16.0. The van der Waals surface area contributed by atoms with Crippen LogP contribution >= 0.6 is 11.6 Å². The Morgan fingerprint density at radius 2 is 1.46 bits per heavy atom. The Bertz CT molecular complexity index is 2040. The predicted octanol–water partition coefficient (Wildman–Crippen LogP) is 7.51. The molecule has 5 aromatic rings. The number of benzene rings is 5. The minimum atomic E-state index is -3.62. The lowest BCUT2D eigenvalue weighted by Crippen LogP contribution is -2.46. The van der Waals surface area contributed by atoms with Gasteiger partial charge < -0.3 is 24.6 Å². The van der Waals surface area contributed by atoms with E-state index in [1.165, 1.54) is 0 Å². The molecule has 5 aromatic carbocycles. The molecule has 0 saturated carbocycles. The van der Waals surface area contributed by atoms with Crippen LogP contribution in [0, 0.1) is 0 Å². The van der Waals surface area contributed by atoms with E-state index in [2.05, 4.69) is 9.62 Å². The van der Waals surface area contributed by atoms with Gasteiger partial charge in [0.05, 0.1) is 29.3 Å². The lowest BCUT2D eigenvalue weighted by molar-refractivity contribution is -0.253. The average molecular weight is 739 g/mol.